The maximum absolute atomic E-state index is 12.2. The van der Waals surface area contributed by atoms with Crippen LogP contribution in [0.4, 0.5) is 5.69 Å². The molecule has 126 valence electrons. The number of hydrogen-bond donors (Lipinski definition) is 0. The summed E-state index contributed by atoms with van der Waals surface area (Å²) in [5, 5.41) is 10.6. The first kappa shape index (κ1) is 18.2. The van der Waals surface area contributed by atoms with Gasteiger partial charge in [0.05, 0.1) is 9.82 Å². The van der Waals surface area contributed by atoms with Gasteiger partial charge in [-0.15, -0.1) is 0 Å². The van der Waals surface area contributed by atoms with E-state index < -0.39 is 26.9 Å². The molecule has 0 aliphatic carbocycles. The van der Waals surface area contributed by atoms with Crippen LogP contribution in [0, 0.1) is 10.1 Å². The molecule has 0 aliphatic heterocycles. The number of halogens is 1. The van der Waals surface area contributed by atoms with Crippen LogP contribution < -0.4 is 0 Å². The summed E-state index contributed by atoms with van der Waals surface area (Å²) < 4.78 is 30.0. The zero-order valence-corrected chi connectivity index (χ0v) is 14.8. The summed E-state index contributed by atoms with van der Waals surface area (Å²) >= 11 is 3.24. The summed E-state index contributed by atoms with van der Waals surface area (Å²) in [6.07, 6.45) is -1.23. The Hall–Kier alpha value is -2.10. The van der Waals surface area contributed by atoms with Crippen LogP contribution in [0.5, 0.6) is 0 Å². The second kappa shape index (κ2) is 7.20. The van der Waals surface area contributed by atoms with Crippen molar-refractivity contribution in [3.05, 3.63) is 68.7 Å². The molecule has 0 heterocycles. The Bertz CT molecular complexity index is 862. The van der Waals surface area contributed by atoms with Gasteiger partial charge in [-0.1, -0.05) is 28.1 Å². The number of Topliss-reactive ketones (excluding diaryl/α,β-unsaturated/α-hetero) is 1. The number of hydrogen-bond acceptors (Lipinski definition) is 6. The zero-order valence-electron chi connectivity index (χ0n) is 12.4. The first-order valence-electron chi connectivity index (χ1n) is 6.68. The smallest absolute Gasteiger partial charge is 0.291 e. The molecule has 0 amide bonds. The number of nitro benzene ring substituents is 1. The quantitative estimate of drug-likeness (QED) is 0.311. The molecule has 1 unspecified atom stereocenters. The summed E-state index contributed by atoms with van der Waals surface area (Å²) in [6, 6.07) is 10.6. The molecule has 7 nitrogen and oxygen atoms in total. The van der Waals surface area contributed by atoms with Crippen molar-refractivity contribution in [2.45, 2.75) is 17.9 Å². The van der Waals surface area contributed by atoms with Crippen LogP contribution in [0.2, 0.25) is 0 Å². The fraction of sp³-hybridized carbons (Fsp3) is 0.133. The Labute approximate surface area is 146 Å². The van der Waals surface area contributed by atoms with Gasteiger partial charge in [-0.25, -0.2) is 0 Å². The van der Waals surface area contributed by atoms with E-state index in [1.54, 1.807) is 24.3 Å². The fourth-order valence-corrected chi connectivity index (χ4v) is 3.18. The van der Waals surface area contributed by atoms with E-state index in [9.17, 15) is 23.3 Å². The highest BCUT2D eigenvalue weighted by molar-refractivity contribution is 9.10. The minimum absolute atomic E-state index is 0.243. The van der Waals surface area contributed by atoms with Gasteiger partial charge < -0.3 is 0 Å². The summed E-state index contributed by atoms with van der Waals surface area (Å²) in [7, 11) is -4.22. The van der Waals surface area contributed by atoms with E-state index in [4.69, 9.17) is 4.18 Å². The first-order valence-corrected chi connectivity index (χ1v) is 8.88. The van der Waals surface area contributed by atoms with E-state index in [1.807, 2.05) is 0 Å². The van der Waals surface area contributed by atoms with Gasteiger partial charge in [0.2, 0.25) is 0 Å². The fourth-order valence-electron chi connectivity index (χ4n) is 1.87. The zero-order chi connectivity index (χ0) is 17.9. The molecule has 0 aromatic heterocycles. The highest BCUT2D eigenvalue weighted by atomic mass is 79.9. The van der Waals surface area contributed by atoms with Crippen LogP contribution in [0.15, 0.2) is 57.9 Å². The number of nitro groups is 1. The lowest BCUT2D eigenvalue weighted by atomic mass is 10.1. The van der Waals surface area contributed by atoms with Gasteiger partial charge in [-0.2, -0.15) is 8.42 Å². The molecular weight excluding hydrogens is 402 g/mol. The van der Waals surface area contributed by atoms with Crippen LogP contribution in [0.3, 0.4) is 0 Å². The molecule has 9 heteroatoms. The van der Waals surface area contributed by atoms with Crippen LogP contribution in [0.25, 0.3) is 0 Å². The van der Waals surface area contributed by atoms with Gasteiger partial charge in [0.15, 0.2) is 5.78 Å². The molecule has 0 spiro atoms. The Kier molecular flexibility index (Phi) is 5.47. The summed E-state index contributed by atoms with van der Waals surface area (Å²) in [5.41, 5.74) is 0.0672. The highest BCUT2D eigenvalue weighted by Crippen LogP contribution is 2.20. The topological polar surface area (TPSA) is 104 Å². The number of carbonyl (C=O) groups is 1. The van der Waals surface area contributed by atoms with Crippen molar-refractivity contribution in [2.75, 3.05) is 0 Å². The summed E-state index contributed by atoms with van der Waals surface area (Å²) in [6.45, 7) is 1.33. The van der Waals surface area contributed by atoms with Crippen molar-refractivity contribution in [2.24, 2.45) is 0 Å². The third-order valence-electron chi connectivity index (χ3n) is 3.11. The molecule has 0 saturated heterocycles. The molecule has 0 radical (unpaired) electrons. The van der Waals surface area contributed by atoms with Crippen molar-refractivity contribution < 1.29 is 22.3 Å². The number of benzene rings is 2. The molecule has 0 fully saturated rings. The monoisotopic (exact) mass is 413 g/mol. The lowest BCUT2D eigenvalue weighted by molar-refractivity contribution is -0.384. The summed E-state index contributed by atoms with van der Waals surface area (Å²) in [5.74, 6) is -0.493. The lowest BCUT2D eigenvalue weighted by Crippen LogP contribution is -2.24. The second-order valence-electron chi connectivity index (χ2n) is 4.81. The molecular formula is C15H12BrNO6S. The highest BCUT2D eigenvalue weighted by Gasteiger charge is 2.25. The van der Waals surface area contributed by atoms with Crippen molar-refractivity contribution in [3.8, 4) is 0 Å². The number of nitrogens with zero attached hydrogens (tertiary/aromatic N) is 1. The van der Waals surface area contributed by atoms with E-state index in [2.05, 4.69) is 15.9 Å². The van der Waals surface area contributed by atoms with Crippen LogP contribution >= 0.6 is 15.9 Å². The van der Waals surface area contributed by atoms with Crippen LogP contribution in [-0.2, 0) is 14.3 Å². The maximum Gasteiger partial charge on any atom is 0.297 e. The minimum atomic E-state index is -4.22. The average molecular weight is 414 g/mol. The Morgan fingerprint density at radius 1 is 1.12 bits per heavy atom. The lowest BCUT2D eigenvalue weighted by Gasteiger charge is -2.12. The molecule has 0 aliphatic rings. The predicted molar refractivity (Wildman–Crippen MR) is 89.3 cm³/mol. The van der Waals surface area contributed by atoms with Gasteiger partial charge in [-0.05, 0) is 31.2 Å². The number of ketones is 1. The van der Waals surface area contributed by atoms with Crippen LogP contribution in [0.1, 0.15) is 17.3 Å². The van der Waals surface area contributed by atoms with Gasteiger partial charge in [-0.3, -0.25) is 19.1 Å². The van der Waals surface area contributed by atoms with E-state index in [0.29, 0.717) is 5.56 Å². The van der Waals surface area contributed by atoms with E-state index in [0.717, 1.165) is 28.7 Å². The largest absolute Gasteiger partial charge is 0.297 e. The maximum atomic E-state index is 12.2. The number of non-ortho nitro benzene ring substituents is 1. The molecule has 2 aromatic carbocycles. The number of carbonyl (C=O) groups excluding carboxylic acids is 1. The molecule has 1 atom stereocenters. The molecule has 0 N–H and O–H groups in total. The second-order valence-corrected chi connectivity index (χ2v) is 7.30. The van der Waals surface area contributed by atoms with Crippen molar-refractivity contribution >= 4 is 37.5 Å². The third-order valence-corrected chi connectivity index (χ3v) is 5.03. The molecule has 0 bridgehead atoms. The average Bonchev–Trinajstić information content (AvgIpc) is 2.54. The Balaban J connectivity index is 2.17. The Morgan fingerprint density at radius 2 is 1.67 bits per heavy atom. The normalized spacial score (nSPS) is 12.6. The van der Waals surface area contributed by atoms with Crippen LogP contribution in [-0.4, -0.2) is 25.2 Å². The molecule has 24 heavy (non-hydrogen) atoms. The third kappa shape index (κ3) is 4.25. The molecule has 0 saturated carbocycles. The van der Waals surface area contributed by atoms with E-state index in [1.165, 1.54) is 6.92 Å². The van der Waals surface area contributed by atoms with Crippen molar-refractivity contribution in [3.63, 3.8) is 0 Å². The standard InChI is InChI=1S/C15H12BrNO6S/c1-10(15(18)11-2-4-12(16)5-3-11)23-24(21,22)14-8-6-13(7-9-14)17(19)20/h2-10H,1H3. The first-order chi connectivity index (χ1) is 11.2. The summed E-state index contributed by atoms with van der Waals surface area (Å²) in [4.78, 5) is 21.9. The van der Waals surface area contributed by atoms with Gasteiger partial charge in [0.25, 0.3) is 15.8 Å². The Morgan fingerprint density at radius 3 is 2.17 bits per heavy atom. The van der Waals surface area contributed by atoms with Crippen molar-refractivity contribution in [1.29, 1.82) is 0 Å². The van der Waals surface area contributed by atoms with Crippen molar-refractivity contribution in [1.82, 2.24) is 0 Å². The predicted octanol–water partition coefficient (Wildman–Crippen LogP) is 3.33. The molecule has 2 aromatic rings. The minimum Gasteiger partial charge on any atom is -0.291 e. The number of rotatable bonds is 6. The van der Waals surface area contributed by atoms with Gasteiger partial charge in [0, 0.05) is 22.2 Å². The van der Waals surface area contributed by atoms with E-state index >= 15 is 0 Å². The SMILES string of the molecule is CC(OS(=O)(=O)c1ccc([N+](=O)[O-])cc1)C(=O)c1ccc(Br)cc1. The van der Waals surface area contributed by atoms with Gasteiger partial charge >= 0.3 is 0 Å². The van der Waals surface area contributed by atoms with E-state index in [-0.39, 0.29) is 10.6 Å². The van der Waals surface area contributed by atoms with Gasteiger partial charge in [0.1, 0.15) is 6.10 Å². The molecule has 2 rings (SSSR count).